The van der Waals surface area contributed by atoms with Gasteiger partial charge in [-0.1, -0.05) is 18.5 Å². The smallest absolute Gasteiger partial charge is 0.190 e. The van der Waals surface area contributed by atoms with Crippen LogP contribution in [-0.2, 0) is 6.42 Å². The molecule has 0 saturated heterocycles. The molecule has 2 aromatic heterocycles. The van der Waals surface area contributed by atoms with Gasteiger partial charge in [0, 0.05) is 11.9 Å². The van der Waals surface area contributed by atoms with Gasteiger partial charge < -0.3 is 0 Å². The van der Waals surface area contributed by atoms with Crippen LogP contribution in [0.25, 0.3) is 5.82 Å². The molecule has 90 valence electrons. The lowest BCUT2D eigenvalue weighted by Crippen LogP contribution is -2.05. The number of hydrogen-bond donors (Lipinski definition) is 0. The first kappa shape index (κ1) is 12.0. The molecule has 0 bridgehead atoms. The average molecular weight is 254 g/mol. The third-order valence-corrected chi connectivity index (χ3v) is 2.99. The average Bonchev–Trinajstić information content (AvgIpc) is 2.54. The fourth-order valence-electron chi connectivity index (χ4n) is 1.96. The van der Waals surface area contributed by atoms with E-state index in [2.05, 4.69) is 10.1 Å². The van der Waals surface area contributed by atoms with E-state index < -0.39 is 5.82 Å². The van der Waals surface area contributed by atoms with Gasteiger partial charge in [-0.2, -0.15) is 5.10 Å². The predicted octanol–water partition coefficient (Wildman–Crippen LogP) is 3.24. The molecule has 0 radical (unpaired) electrons. The van der Waals surface area contributed by atoms with E-state index in [4.69, 9.17) is 11.6 Å². The van der Waals surface area contributed by atoms with Crippen molar-refractivity contribution in [3.05, 3.63) is 40.1 Å². The van der Waals surface area contributed by atoms with Crippen molar-refractivity contribution >= 4 is 11.6 Å². The van der Waals surface area contributed by atoms with Crippen LogP contribution in [0, 0.1) is 19.7 Å². The zero-order valence-electron chi connectivity index (χ0n) is 9.96. The number of pyridine rings is 1. The molecule has 0 atom stereocenters. The maximum absolute atomic E-state index is 13.8. The summed E-state index contributed by atoms with van der Waals surface area (Å²) in [6.45, 7) is 5.87. The number of aryl methyl sites for hydroxylation is 1. The van der Waals surface area contributed by atoms with E-state index in [1.165, 1.54) is 16.9 Å². The molecule has 0 aromatic carbocycles. The SMILES string of the molecule is CCc1c(C)nn(-c2ncc(Cl)cc2F)c1C. The van der Waals surface area contributed by atoms with Gasteiger partial charge >= 0.3 is 0 Å². The minimum Gasteiger partial charge on any atom is -0.233 e. The molecule has 0 fully saturated rings. The van der Waals surface area contributed by atoms with Crippen molar-refractivity contribution < 1.29 is 4.39 Å². The highest BCUT2D eigenvalue weighted by atomic mass is 35.5. The molecule has 3 nitrogen and oxygen atoms in total. The molecule has 0 saturated carbocycles. The van der Waals surface area contributed by atoms with Crippen molar-refractivity contribution in [3.63, 3.8) is 0 Å². The summed E-state index contributed by atoms with van der Waals surface area (Å²) in [5, 5.41) is 4.59. The van der Waals surface area contributed by atoms with Gasteiger partial charge in [0.2, 0.25) is 0 Å². The van der Waals surface area contributed by atoms with Gasteiger partial charge in [-0.15, -0.1) is 0 Å². The van der Waals surface area contributed by atoms with E-state index in [1.54, 1.807) is 0 Å². The predicted molar refractivity (Wildman–Crippen MR) is 65.2 cm³/mol. The lowest BCUT2D eigenvalue weighted by molar-refractivity contribution is 0.597. The maximum atomic E-state index is 13.8. The summed E-state index contributed by atoms with van der Waals surface area (Å²) in [4.78, 5) is 3.99. The summed E-state index contributed by atoms with van der Waals surface area (Å²) >= 11 is 5.68. The van der Waals surface area contributed by atoms with Crippen molar-refractivity contribution in [1.82, 2.24) is 14.8 Å². The molecule has 17 heavy (non-hydrogen) atoms. The monoisotopic (exact) mass is 253 g/mol. The van der Waals surface area contributed by atoms with E-state index in [0.717, 1.165) is 23.4 Å². The van der Waals surface area contributed by atoms with E-state index in [-0.39, 0.29) is 10.8 Å². The van der Waals surface area contributed by atoms with Crippen LogP contribution in [0.2, 0.25) is 5.02 Å². The summed E-state index contributed by atoms with van der Waals surface area (Å²) in [7, 11) is 0. The largest absolute Gasteiger partial charge is 0.233 e. The highest BCUT2D eigenvalue weighted by molar-refractivity contribution is 6.30. The zero-order valence-corrected chi connectivity index (χ0v) is 10.7. The Morgan fingerprint density at radius 1 is 1.41 bits per heavy atom. The van der Waals surface area contributed by atoms with Crippen LogP contribution < -0.4 is 0 Å². The number of hydrogen-bond acceptors (Lipinski definition) is 2. The Bertz CT molecular complexity index is 563. The number of halogens is 2. The second kappa shape index (κ2) is 4.45. The molecule has 0 N–H and O–H groups in total. The third-order valence-electron chi connectivity index (χ3n) is 2.78. The quantitative estimate of drug-likeness (QED) is 0.823. The molecule has 0 aliphatic carbocycles. The first-order valence-corrected chi connectivity index (χ1v) is 5.79. The first-order chi connectivity index (χ1) is 8.04. The lowest BCUT2D eigenvalue weighted by Gasteiger charge is -2.05. The molecule has 0 aliphatic heterocycles. The molecule has 2 rings (SSSR count). The molecule has 0 spiro atoms. The highest BCUT2D eigenvalue weighted by Crippen LogP contribution is 2.20. The van der Waals surface area contributed by atoms with Crippen molar-refractivity contribution in [1.29, 1.82) is 0 Å². The van der Waals surface area contributed by atoms with E-state index in [0.29, 0.717) is 0 Å². The van der Waals surface area contributed by atoms with Crippen LogP contribution in [-0.4, -0.2) is 14.8 Å². The van der Waals surface area contributed by atoms with Crippen LogP contribution in [0.15, 0.2) is 12.3 Å². The minimum absolute atomic E-state index is 0.190. The Hall–Kier alpha value is -1.42. The summed E-state index contributed by atoms with van der Waals surface area (Å²) in [6, 6.07) is 1.24. The Morgan fingerprint density at radius 2 is 2.12 bits per heavy atom. The Balaban J connectivity index is 2.61. The van der Waals surface area contributed by atoms with Gasteiger partial charge in [-0.25, -0.2) is 14.1 Å². The van der Waals surface area contributed by atoms with Crippen LogP contribution >= 0.6 is 11.6 Å². The number of nitrogens with zero attached hydrogens (tertiary/aromatic N) is 3. The maximum Gasteiger partial charge on any atom is 0.190 e. The van der Waals surface area contributed by atoms with Gasteiger partial charge in [0.05, 0.1) is 10.7 Å². The molecule has 0 aliphatic rings. The van der Waals surface area contributed by atoms with Crippen LogP contribution in [0.1, 0.15) is 23.9 Å². The summed E-state index contributed by atoms with van der Waals surface area (Å²) in [5.41, 5.74) is 2.95. The van der Waals surface area contributed by atoms with Gasteiger partial charge in [0.1, 0.15) is 0 Å². The van der Waals surface area contributed by atoms with Gasteiger partial charge in [0.15, 0.2) is 11.6 Å². The Labute approximate surface area is 104 Å². The van der Waals surface area contributed by atoms with E-state index >= 15 is 0 Å². The third kappa shape index (κ3) is 2.05. The van der Waals surface area contributed by atoms with Crippen LogP contribution in [0.4, 0.5) is 4.39 Å². The summed E-state index contributed by atoms with van der Waals surface area (Å²) in [5.74, 6) is -0.277. The first-order valence-electron chi connectivity index (χ1n) is 5.41. The second-order valence-electron chi connectivity index (χ2n) is 3.87. The van der Waals surface area contributed by atoms with Crippen molar-refractivity contribution in [2.75, 3.05) is 0 Å². The zero-order chi connectivity index (χ0) is 12.6. The normalized spacial score (nSPS) is 10.9. The van der Waals surface area contributed by atoms with E-state index in [1.807, 2.05) is 20.8 Å². The summed E-state index contributed by atoms with van der Waals surface area (Å²) in [6.07, 6.45) is 2.29. The fourth-order valence-corrected chi connectivity index (χ4v) is 2.10. The molecule has 0 unspecified atom stereocenters. The van der Waals surface area contributed by atoms with E-state index in [9.17, 15) is 4.39 Å². The standard InChI is InChI=1S/C12H13ClFN3/c1-4-10-7(2)16-17(8(10)3)12-11(14)5-9(13)6-15-12/h5-6H,4H2,1-3H3. The molecule has 2 heterocycles. The topological polar surface area (TPSA) is 30.7 Å². The highest BCUT2D eigenvalue weighted by Gasteiger charge is 2.15. The lowest BCUT2D eigenvalue weighted by atomic mass is 10.1. The Kier molecular flexibility index (Phi) is 3.15. The van der Waals surface area contributed by atoms with Crippen molar-refractivity contribution in [3.8, 4) is 5.82 Å². The van der Waals surface area contributed by atoms with Gasteiger partial charge in [0.25, 0.3) is 0 Å². The van der Waals surface area contributed by atoms with Crippen molar-refractivity contribution in [2.24, 2.45) is 0 Å². The van der Waals surface area contributed by atoms with Gasteiger partial charge in [-0.05, 0) is 31.9 Å². The Morgan fingerprint density at radius 3 is 2.65 bits per heavy atom. The molecule has 5 heteroatoms. The second-order valence-corrected chi connectivity index (χ2v) is 4.31. The summed E-state index contributed by atoms with van der Waals surface area (Å²) < 4.78 is 15.3. The minimum atomic E-state index is -0.467. The number of aromatic nitrogens is 3. The number of rotatable bonds is 2. The van der Waals surface area contributed by atoms with Crippen LogP contribution in [0.3, 0.4) is 0 Å². The molecule has 2 aromatic rings. The molecular formula is C12H13ClFN3. The van der Waals surface area contributed by atoms with Gasteiger partial charge in [-0.3, -0.25) is 0 Å². The molecule has 0 amide bonds. The molecular weight excluding hydrogens is 241 g/mol. The fraction of sp³-hybridized carbons (Fsp3) is 0.333. The van der Waals surface area contributed by atoms with Crippen LogP contribution in [0.5, 0.6) is 0 Å². The van der Waals surface area contributed by atoms with Crippen molar-refractivity contribution in [2.45, 2.75) is 27.2 Å².